The fourth-order valence-corrected chi connectivity index (χ4v) is 17.3. The lowest BCUT2D eigenvalue weighted by Crippen LogP contribution is -2.66. The van der Waals surface area contributed by atoms with Crippen LogP contribution in [0, 0.1) is 45.3 Å². The molecule has 0 spiro atoms. The molecule has 29 heteroatoms. The topological polar surface area (TPSA) is 477 Å². The van der Waals surface area contributed by atoms with Crippen LogP contribution in [-0.2, 0) is 47.4 Å². The molecule has 5 saturated heterocycles. The summed E-state index contributed by atoms with van der Waals surface area (Å²) in [6, 6.07) is 0. The molecule has 0 bridgehead atoms. The van der Waals surface area contributed by atoms with E-state index < -0.39 is 227 Å². The zero-order valence-corrected chi connectivity index (χ0v) is 52.5. The smallest absolute Gasteiger partial charge is 0.187 e. The summed E-state index contributed by atoms with van der Waals surface area (Å²) in [5.41, 5.74) is -2.58. The van der Waals surface area contributed by atoms with E-state index >= 15 is 0 Å². The third-order valence-electron chi connectivity index (χ3n) is 23.1. The first-order valence-corrected chi connectivity index (χ1v) is 32.1. The molecule has 0 aromatic heterocycles. The largest absolute Gasteiger partial charge is 0.396 e. The first-order valence-electron chi connectivity index (χ1n) is 32.1. The maximum atomic E-state index is 12.9. The molecule has 90 heavy (non-hydrogen) atoms. The van der Waals surface area contributed by atoms with Gasteiger partial charge in [0.15, 0.2) is 31.5 Å². The van der Waals surface area contributed by atoms with Crippen LogP contribution in [0.4, 0.5) is 0 Å². The van der Waals surface area contributed by atoms with Gasteiger partial charge in [0.05, 0.1) is 56.4 Å². The summed E-state index contributed by atoms with van der Waals surface area (Å²) in [6.07, 6.45) is -37.5. The number of aliphatic hydroxyl groups excluding tert-OH is 18. The fourth-order valence-electron chi connectivity index (χ4n) is 17.3. The van der Waals surface area contributed by atoms with E-state index in [2.05, 4.69) is 33.8 Å². The van der Waals surface area contributed by atoms with Gasteiger partial charge in [-0.2, -0.15) is 0 Å². The fraction of sp³-hybridized carbons (Fsp3) is 0.967. The number of rotatable bonds is 21. The average molecular weight is 1300 g/mol. The second-order valence-corrected chi connectivity index (χ2v) is 29.0. The molecular weight excluding hydrogens is 1200 g/mol. The molecule has 29 nitrogen and oxygen atoms in total. The Morgan fingerprint density at radius 3 is 1.53 bits per heavy atom. The highest BCUT2D eigenvalue weighted by molar-refractivity contribution is 5.32. The second kappa shape index (κ2) is 28.2. The van der Waals surface area contributed by atoms with Crippen LogP contribution in [-0.4, -0.2) is 308 Å². The molecule has 0 aromatic rings. The number of ether oxygens (including phenoxy) is 10. The maximum Gasteiger partial charge on any atom is 0.187 e. The summed E-state index contributed by atoms with van der Waals surface area (Å²) in [5, 5.41) is 206. The van der Waals surface area contributed by atoms with Crippen molar-refractivity contribution in [3.05, 3.63) is 11.6 Å². The molecule has 9 rings (SSSR count). The van der Waals surface area contributed by atoms with Crippen molar-refractivity contribution in [2.75, 3.05) is 33.0 Å². The van der Waals surface area contributed by atoms with Gasteiger partial charge in [-0.05, 0) is 106 Å². The highest BCUT2D eigenvalue weighted by atomic mass is 16.8. The van der Waals surface area contributed by atoms with Gasteiger partial charge in [0.25, 0.3) is 0 Å². The SMILES string of the molecule is C[C@H](CC[C@@H](O[C@@H]1O[C@H](CO[C@@H]2O[C@H](CO)[C@@H](O)[C@H](O)[C@H]2O)[C@@H](O)[C@H](O)[C@H]1O[C@@H]1O[C@H](CO)[C@@H](O)[C@H](O)[C@H]1O)C(C)(C)O)[C@H]1CC[C@@]2(C)C3CC=C4[C@@H](CC[C@H](O[C@@H]5O[C@H](CCO)[C@@H](O)[C@H](O)[C@H]5O[C@@H]5O[C@H](CO)[C@@H](O)[C@H](O)[C@H]5O)C4(C)C)[C@]3(C)[C@H](O)C[C@]12C. The predicted molar refractivity (Wildman–Crippen MR) is 305 cm³/mol. The van der Waals surface area contributed by atoms with Gasteiger partial charge in [0.2, 0.25) is 0 Å². The first kappa shape index (κ1) is 72.8. The van der Waals surface area contributed by atoms with Gasteiger partial charge in [0, 0.05) is 17.4 Å². The Morgan fingerprint density at radius 1 is 0.533 bits per heavy atom. The lowest BCUT2D eigenvalue weighted by Gasteiger charge is -2.67. The molecule has 8 fully saturated rings. The van der Waals surface area contributed by atoms with Crippen molar-refractivity contribution in [2.45, 2.75) is 291 Å². The minimum Gasteiger partial charge on any atom is -0.396 e. The number of allylic oxidation sites excluding steroid dienone is 1. The highest BCUT2D eigenvalue weighted by Crippen LogP contribution is 2.75. The van der Waals surface area contributed by atoms with E-state index in [0.29, 0.717) is 32.1 Å². The molecule has 1 unspecified atom stereocenters. The van der Waals surface area contributed by atoms with Gasteiger partial charge in [0.1, 0.15) is 116 Å². The van der Waals surface area contributed by atoms with Crippen LogP contribution in [0.2, 0.25) is 0 Å². The maximum absolute atomic E-state index is 12.9. The van der Waals surface area contributed by atoms with Gasteiger partial charge >= 0.3 is 0 Å². The van der Waals surface area contributed by atoms with E-state index in [0.717, 1.165) is 18.4 Å². The third kappa shape index (κ3) is 13.2. The van der Waals surface area contributed by atoms with Gasteiger partial charge < -0.3 is 144 Å². The molecule has 0 radical (unpaired) electrons. The minimum atomic E-state index is -1.96. The first-order chi connectivity index (χ1) is 42.2. The van der Waals surface area contributed by atoms with Crippen molar-refractivity contribution in [3.63, 3.8) is 0 Å². The van der Waals surface area contributed by atoms with Crippen LogP contribution in [0.3, 0.4) is 0 Å². The zero-order chi connectivity index (χ0) is 66.2. The standard InChI is InChI=1S/C61H104O29/c1-24(9-13-36(58(4,5)80)88-56-51(90-54-49(79)44(74)40(70)31(22-65)85-54)46(76)41(71)32(86-56)23-81-52-47(77)42(72)38(68)29(20-63)83-52)25-15-17-59(6)33-12-10-26-27(61(33,8)34(66)19-60(25,59)7)11-14-35(57(26,2)3)87-55-50(45(75)37(67)28(82-55)16-18-62)89-53-48(78)43(73)39(69)30(21-64)84-53/h10,24-25,27-56,62-80H,9,11-23H2,1-8H3/t24-,25-,27-,28-,29-,30-,31-,32-,33?,34-,35+,36-,37-,38-,39-,40-,41-,42+,43+,44+,45+,46+,47-,48-,49-,50-,51-,52-,53+,54+,55+,56+,59+,60-,61+/m1/s1. The molecule has 0 amide bonds. The van der Waals surface area contributed by atoms with E-state index in [1.54, 1.807) is 0 Å². The summed E-state index contributed by atoms with van der Waals surface area (Å²) in [6.45, 7) is 12.7. The Hall–Kier alpha value is -1.42. The van der Waals surface area contributed by atoms with E-state index in [1.165, 1.54) is 13.8 Å². The van der Waals surface area contributed by atoms with Crippen LogP contribution in [0.1, 0.15) is 113 Å². The van der Waals surface area contributed by atoms with Gasteiger partial charge in [-0.1, -0.05) is 53.2 Å². The summed E-state index contributed by atoms with van der Waals surface area (Å²) >= 11 is 0. The second-order valence-electron chi connectivity index (χ2n) is 29.0. The Morgan fingerprint density at radius 2 is 1.01 bits per heavy atom. The van der Waals surface area contributed by atoms with Crippen molar-refractivity contribution in [1.29, 1.82) is 0 Å². The van der Waals surface area contributed by atoms with Crippen molar-refractivity contribution in [3.8, 4) is 0 Å². The van der Waals surface area contributed by atoms with Crippen molar-refractivity contribution >= 4 is 0 Å². The Labute approximate surface area is 523 Å². The normalized spacial score (nSPS) is 51.3. The number of hydrogen-bond donors (Lipinski definition) is 19. The molecule has 0 aromatic carbocycles. The van der Waals surface area contributed by atoms with Crippen LogP contribution < -0.4 is 0 Å². The molecule has 5 heterocycles. The van der Waals surface area contributed by atoms with Crippen molar-refractivity contribution in [2.24, 2.45) is 45.3 Å². The molecule has 9 aliphatic rings. The predicted octanol–water partition coefficient (Wildman–Crippen LogP) is -5.02. The highest BCUT2D eigenvalue weighted by Gasteiger charge is 2.71. The van der Waals surface area contributed by atoms with Crippen molar-refractivity contribution in [1.82, 2.24) is 0 Å². The van der Waals surface area contributed by atoms with E-state index in [9.17, 15) is 97.0 Å². The molecule has 35 atom stereocenters. The molecule has 3 saturated carbocycles. The molecule has 4 aliphatic carbocycles. The average Bonchev–Trinajstić information content (AvgIpc) is 1.30. The summed E-state index contributed by atoms with van der Waals surface area (Å²) in [7, 11) is 0. The van der Waals surface area contributed by atoms with E-state index in [4.69, 9.17) is 47.4 Å². The van der Waals surface area contributed by atoms with Crippen LogP contribution in [0.15, 0.2) is 11.6 Å². The lowest BCUT2D eigenvalue weighted by atomic mass is 9.38. The van der Waals surface area contributed by atoms with Crippen molar-refractivity contribution < 1.29 is 144 Å². The van der Waals surface area contributed by atoms with Gasteiger partial charge in [-0.3, -0.25) is 0 Å². The minimum absolute atomic E-state index is 0.0165. The molecule has 5 aliphatic heterocycles. The monoisotopic (exact) mass is 1300 g/mol. The van der Waals surface area contributed by atoms with E-state index in [-0.39, 0.29) is 41.9 Å². The van der Waals surface area contributed by atoms with Crippen LogP contribution in [0.5, 0.6) is 0 Å². The quantitative estimate of drug-likeness (QED) is 0.0479. The number of fused-ring (bicyclic) bond motifs is 5. The Balaban J connectivity index is 0.910. The number of aliphatic hydroxyl groups is 19. The molecule has 522 valence electrons. The molecular formula is C61H104O29. The number of hydrogen-bond acceptors (Lipinski definition) is 29. The van der Waals surface area contributed by atoms with Gasteiger partial charge in [-0.15, -0.1) is 0 Å². The lowest BCUT2D eigenvalue weighted by molar-refractivity contribution is -0.380. The third-order valence-corrected chi connectivity index (χ3v) is 23.1. The summed E-state index contributed by atoms with van der Waals surface area (Å²) in [4.78, 5) is 0. The van der Waals surface area contributed by atoms with E-state index in [1.807, 2.05) is 13.8 Å². The van der Waals surface area contributed by atoms with Gasteiger partial charge in [-0.25, -0.2) is 0 Å². The Kier molecular flexibility index (Phi) is 22.8. The summed E-state index contributed by atoms with van der Waals surface area (Å²) in [5.74, 6) is -0.0689. The van der Waals surface area contributed by atoms with Crippen LogP contribution >= 0.6 is 0 Å². The Bertz CT molecular complexity index is 2360. The molecule has 19 N–H and O–H groups in total. The summed E-state index contributed by atoms with van der Waals surface area (Å²) < 4.78 is 60.4. The zero-order valence-electron chi connectivity index (χ0n) is 52.5. The van der Waals surface area contributed by atoms with Crippen LogP contribution in [0.25, 0.3) is 0 Å².